The number of aliphatic carboxylic acids is 1. The SMILES string of the molecule is CN1CCC(c2csc(C3(C(=O)O)CC3)n2)CC1. The van der Waals surface area contributed by atoms with Crippen LogP contribution in [0.1, 0.15) is 42.3 Å². The molecule has 1 N–H and O–H groups in total. The van der Waals surface area contributed by atoms with Crippen LogP contribution >= 0.6 is 11.3 Å². The molecule has 3 rings (SSSR count). The van der Waals surface area contributed by atoms with E-state index in [-0.39, 0.29) is 0 Å². The third-order valence-electron chi connectivity index (χ3n) is 4.23. The molecule has 18 heavy (non-hydrogen) atoms. The van der Waals surface area contributed by atoms with Gasteiger partial charge in [-0.15, -0.1) is 11.3 Å². The fourth-order valence-electron chi connectivity index (χ4n) is 2.64. The van der Waals surface area contributed by atoms with Crippen molar-refractivity contribution in [2.24, 2.45) is 0 Å². The first-order valence-corrected chi connectivity index (χ1v) is 7.38. The highest BCUT2D eigenvalue weighted by molar-refractivity contribution is 7.10. The highest BCUT2D eigenvalue weighted by Gasteiger charge is 2.54. The molecule has 0 spiro atoms. The zero-order valence-corrected chi connectivity index (χ0v) is 11.4. The standard InChI is InChI=1S/C13H18N2O2S/c1-15-6-2-9(3-7-15)10-8-18-11(14-10)13(4-5-13)12(16)17/h8-9H,2-7H2,1H3,(H,16,17). The molecule has 1 aliphatic carbocycles. The van der Waals surface area contributed by atoms with Gasteiger partial charge in [0, 0.05) is 11.3 Å². The van der Waals surface area contributed by atoms with Crippen LogP contribution in [-0.2, 0) is 10.2 Å². The molecule has 0 atom stereocenters. The summed E-state index contributed by atoms with van der Waals surface area (Å²) < 4.78 is 0. The van der Waals surface area contributed by atoms with Gasteiger partial charge in [-0.1, -0.05) is 0 Å². The second kappa shape index (κ2) is 4.31. The number of hydrogen-bond donors (Lipinski definition) is 1. The summed E-state index contributed by atoms with van der Waals surface area (Å²) in [5.74, 6) is -0.178. The summed E-state index contributed by atoms with van der Waals surface area (Å²) in [7, 11) is 2.15. The van der Waals surface area contributed by atoms with Gasteiger partial charge in [-0.2, -0.15) is 0 Å². The topological polar surface area (TPSA) is 53.4 Å². The lowest BCUT2D eigenvalue weighted by Crippen LogP contribution is -2.29. The van der Waals surface area contributed by atoms with Crippen molar-refractivity contribution in [2.45, 2.75) is 37.0 Å². The fraction of sp³-hybridized carbons (Fsp3) is 0.692. The predicted molar refractivity (Wildman–Crippen MR) is 70.1 cm³/mol. The molecule has 4 nitrogen and oxygen atoms in total. The van der Waals surface area contributed by atoms with E-state index < -0.39 is 11.4 Å². The first-order valence-electron chi connectivity index (χ1n) is 6.50. The number of carbonyl (C=O) groups is 1. The van der Waals surface area contributed by atoms with Crippen molar-refractivity contribution in [3.63, 3.8) is 0 Å². The number of piperidine rings is 1. The van der Waals surface area contributed by atoms with Gasteiger partial charge in [0.15, 0.2) is 0 Å². The molecule has 1 aromatic heterocycles. The van der Waals surface area contributed by atoms with Gasteiger partial charge in [0.2, 0.25) is 0 Å². The minimum atomic E-state index is -0.702. The molecular formula is C13H18N2O2S. The highest BCUT2D eigenvalue weighted by atomic mass is 32.1. The average molecular weight is 266 g/mol. The zero-order valence-electron chi connectivity index (χ0n) is 10.6. The second-order valence-corrected chi connectivity index (χ2v) is 6.40. The number of rotatable bonds is 3. The number of nitrogens with zero attached hydrogens (tertiary/aromatic N) is 2. The van der Waals surface area contributed by atoms with Crippen LogP contribution in [0.3, 0.4) is 0 Å². The van der Waals surface area contributed by atoms with E-state index in [0.29, 0.717) is 5.92 Å². The molecule has 98 valence electrons. The first-order chi connectivity index (χ1) is 8.62. The predicted octanol–water partition coefficient (Wildman–Crippen LogP) is 2.07. The third kappa shape index (κ3) is 1.95. The smallest absolute Gasteiger partial charge is 0.316 e. The van der Waals surface area contributed by atoms with Gasteiger partial charge in [0.25, 0.3) is 0 Å². The summed E-state index contributed by atoms with van der Waals surface area (Å²) in [4.78, 5) is 18.2. The number of hydrogen-bond acceptors (Lipinski definition) is 4. The van der Waals surface area contributed by atoms with E-state index >= 15 is 0 Å². The number of aromatic nitrogens is 1. The lowest BCUT2D eigenvalue weighted by molar-refractivity contribution is -0.140. The Balaban J connectivity index is 1.76. The van der Waals surface area contributed by atoms with Crippen LogP contribution in [0.25, 0.3) is 0 Å². The molecule has 0 amide bonds. The molecule has 0 bridgehead atoms. The van der Waals surface area contributed by atoms with Crippen molar-refractivity contribution < 1.29 is 9.90 Å². The first kappa shape index (κ1) is 12.1. The van der Waals surface area contributed by atoms with Crippen LogP contribution in [0.5, 0.6) is 0 Å². The molecule has 0 radical (unpaired) electrons. The number of thiazole rings is 1. The summed E-state index contributed by atoms with van der Waals surface area (Å²) in [6.45, 7) is 2.23. The summed E-state index contributed by atoms with van der Waals surface area (Å²) in [5.41, 5.74) is 0.490. The number of carboxylic acids is 1. The maximum Gasteiger partial charge on any atom is 0.316 e. The minimum absolute atomic E-state index is 0.524. The number of carboxylic acid groups (broad SMARTS) is 1. The molecule has 1 saturated heterocycles. The molecule has 1 saturated carbocycles. The Morgan fingerprint density at radius 3 is 2.72 bits per heavy atom. The van der Waals surface area contributed by atoms with Crippen molar-refractivity contribution in [3.8, 4) is 0 Å². The van der Waals surface area contributed by atoms with E-state index in [2.05, 4.69) is 22.3 Å². The Kier molecular flexibility index (Phi) is 2.90. The van der Waals surface area contributed by atoms with Gasteiger partial charge in [0.1, 0.15) is 10.4 Å². The van der Waals surface area contributed by atoms with Crippen LogP contribution in [0, 0.1) is 0 Å². The minimum Gasteiger partial charge on any atom is -0.481 e. The van der Waals surface area contributed by atoms with Gasteiger partial charge >= 0.3 is 5.97 Å². The second-order valence-electron chi connectivity index (χ2n) is 5.54. The van der Waals surface area contributed by atoms with Crippen molar-refractivity contribution in [3.05, 3.63) is 16.1 Å². The highest BCUT2D eigenvalue weighted by Crippen LogP contribution is 2.50. The Hall–Kier alpha value is -0.940. The van der Waals surface area contributed by atoms with Crippen LogP contribution in [0.15, 0.2) is 5.38 Å². The zero-order chi connectivity index (χ0) is 12.8. The van der Waals surface area contributed by atoms with E-state index in [1.807, 2.05) is 0 Å². The molecule has 0 unspecified atom stereocenters. The quantitative estimate of drug-likeness (QED) is 0.910. The van der Waals surface area contributed by atoms with Crippen LogP contribution < -0.4 is 0 Å². The number of likely N-dealkylation sites (tertiary alicyclic amines) is 1. The van der Waals surface area contributed by atoms with Gasteiger partial charge in [-0.25, -0.2) is 4.98 Å². The van der Waals surface area contributed by atoms with Crippen LogP contribution in [0.2, 0.25) is 0 Å². The van der Waals surface area contributed by atoms with Crippen molar-refractivity contribution in [1.29, 1.82) is 0 Å². The van der Waals surface area contributed by atoms with E-state index in [1.54, 1.807) is 0 Å². The lowest BCUT2D eigenvalue weighted by Gasteiger charge is -2.27. The van der Waals surface area contributed by atoms with Crippen LogP contribution in [-0.4, -0.2) is 41.1 Å². The van der Waals surface area contributed by atoms with Gasteiger partial charge in [-0.05, 0) is 45.8 Å². The van der Waals surface area contributed by atoms with E-state index in [9.17, 15) is 9.90 Å². The maximum atomic E-state index is 11.3. The average Bonchev–Trinajstić information content (AvgIpc) is 3.03. The Bertz CT molecular complexity index is 459. The molecule has 2 heterocycles. The largest absolute Gasteiger partial charge is 0.481 e. The summed E-state index contributed by atoms with van der Waals surface area (Å²) >= 11 is 1.54. The summed E-state index contributed by atoms with van der Waals surface area (Å²) in [6, 6.07) is 0. The van der Waals surface area contributed by atoms with Crippen molar-refractivity contribution in [2.75, 3.05) is 20.1 Å². The third-order valence-corrected chi connectivity index (χ3v) is 5.29. The van der Waals surface area contributed by atoms with E-state index in [1.165, 1.54) is 11.3 Å². The Morgan fingerprint density at radius 1 is 1.50 bits per heavy atom. The molecule has 2 aliphatic rings. The molecule has 5 heteroatoms. The van der Waals surface area contributed by atoms with Gasteiger partial charge in [-0.3, -0.25) is 4.79 Å². The van der Waals surface area contributed by atoms with E-state index in [4.69, 9.17) is 0 Å². The summed E-state index contributed by atoms with van der Waals surface area (Å²) in [6.07, 6.45) is 3.78. The molecule has 0 aromatic carbocycles. The lowest BCUT2D eigenvalue weighted by atomic mass is 9.94. The Labute approximate surface area is 111 Å². The van der Waals surface area contributed by atoms with Crippen LogP contribution in [0.4, 0.5) is 0 Å². The molecule has 1 aromatic rings. The fourth-order valence-corrected chi connectivity index (χ4v) is 3.79. The molecular weight excluding hydrogens is 248 g/mol. The van der Waals surface area contributed by atoms with E-state index in [0.717, 1.165) is 49.5 Å². The normalized spacial score (nSPS) is 24.1. The van der Waals surface area contributed by atoms with Crippen molar-refractivity contribution >= 4 is 17.3 Å². The monoisotopic (exact) mass is 266 g/mol. The molecule has 1 aliphatic heterocycles. The molecule has 2 fully saturated rings. The summed E-state index contributed by atoms with van der Waals surface area (Å²) in [5, 5.41) is 12.2. The Morgan fingerprint density at radius 2 is 2.17 bits per heavy atom. The van der Waals surface area contributed by atoms with Crippen molar-refractivity contribution in [1.82, 2.24) is 9.88 Å². The van der Waals surface area contributed by atoms with Gasteiger partial charge < -0.3 is 10.0 Å². The maximum absolute atomic E-state index is 11.3. The van der Waals surface area contributed by atoms with Gasteiger partial charge in [0.05, 0.1) is 5.69 Å².